The first-order valence-corrected chi connectivity index (χ1v) is 6.53. The summed E-state index contributed by atoms with van der Waals surface area (Å²) in [6, 6.07) is 7.95. The number of nitrogens with zero attached hydrogens (tertiary/aromatic N) is 2. The van der Waals surface area contributed by atoms with Crippen molar-refractivity contribution in [3.05, 3.63) is 35.7 Å². The Labute approximate surface area is 104 Å². The van der Waals surface area contributed by atoms with Gasteiger partial charge in [0, 0.05) is 11.3 Å². The number of aromatic nitrogens is 2. The number of hydrogen-bond acceptors (Lipinski definition) is 5. The third-order valence-electron chi connectivity index (χ3n) is 2.20. The van der Waals surface area contributed by atoms with Gasteiger partial charge in [-0.1, -0.05) is 22.9 Å². The Hall–Kier alpha value is -1.33. The molecule has 1 aromatic heterocycles. The summed E-state index contributed by atoms with van der Waals surface area (Å²) in [5.74, 6) is 2.57. The summed E-state index contributed by atoms with van der Waals surface area (Å²) in [6.45, 7) is 2.20. The molecule has 1 N–H and O–H groups in total. The first-order valence-electron chi connectivity index (χ1n) is 5.38. The van der Waals surface area contributed by atoms with Crippen LogP contribution in [0.1, 0.15) is 11.4 Å². The van der Waals surface area contributed by atoms with Gasteiger partial charge < -0.3 is 9.63 Å². The lowest BCUT2D eigenvalue weighted by atomic mass is 10.1. The molecule has 2 aromatic rings. The maximum Gasteiger partial charge on any atom is 0.257 e. The number of rotatable bonds is 5. The summed E-state index contributed by atoms with van der Waals surface area (Å²) in [5.41, 5.74) is 2.10. The molecule has 1 heterocycles. The van der Waals surface area contributed by atoms with Gasteiger partial charge in [-0.05, 0) is 19.1 Å². The summed E-state index contributed by atoms with van der Waals surface area (Å²) in [6.07, 6.45) is 0. The molecule has 0 radical (unpaired) electrons. The van der Waals surface area contributed by atoms with Crippen molar-refractivity contribution in [3.63, 3.8) is 0 Å². The van der Waals surface area contributed by atoms with Crippen LogP contribution in [-0.2, 0) is 5.75 Å². The molecule has 0 aliphatic heterocycles. The van der Waals surface area contributed by atoms with E-state index in [1.807, 2.05) is 31.2 Å². The average molecular weight is 250 g/mol. The van der Waals surface area contributed by atoms with Gasteiger partial charge in [0.15, 0.2) is 5.82 Å². The number of benzene rings is 1. The highest BCUT2D eigenvalue weighted by Crippen LogP contribution is 2.19. The second-order valence-corrected chi connectivity index (χ2v) is 4.77. The third kappa shape index (κ3) is 3.31. The molecule has 0 spiro atoms. The molecule has 0 unspecified atom stereocenters. The summed E-state index contributed by atoms with van der Waals surface area (Å²) in [7, 11) is 0. The minimum absolute atomic E-state index is 0.174. The van der Waals surface area contributed by atoms with Crippen LogP contribution in [0.3, 0.4) is 0 Å². The number of aliphatic hydroxyl groups excluding tert-OH is 1. The third-order valence-corrected chi connectivity index (χ3v) is 3.13. The lowest BCUT2D eigenvalue weighted by Crippen LogP contribution is -1.89. The van der Waals surface area contributed by atoms with Crippen molar-refractivity contribution < 1.29 is 9.63 Å². The zero-order valence-electron chi connectivity index (χ0n) is 9.59. The van der Waals surface area contributed by atoms with Crippen molar-refractivity contribution in [3.8, 4) is 11.5 Å². The van der Waals surface area contributed by atoms with Gasteiger partial charge in [-0.3, -0.25) is 0 Å². The molecule has 5 heteroatoms. The molecule has 17 heavy (non-hydrogen) atoms. The van der Waals surface area contributed by atoms with Crippen LogP contribution in [0.25, 0.3) is 11.5 Å². The fourth-order valence-electron chi connectivity index (χ4n) is 1.44. The van der Waals surface area contributed by atoms with Gasteiger partial charge in [-0.25, -0.2) is 0 Å². The molecular formula is C12H14N2O2S. The van der Waals surface area contributed by atoms with Crippen molar-refractivity contribution in [1.82, 2.24) is 10.1 Å². The van der Waals surface area contributed by atoms with E-state index in [-0.39, 0.29) is 6.61 Å². The van der Waals surface area contributed by atoms with E-state index < -0.39 is 0 Å². The fourth-order valence-corrected chi connectivity index (χ4v) is 2.01. The van der Waals surface area contributed by atoms with E-state index >= 15 is 0 Å². The molecule has 90 valence electrons. The summed E-state index contributed by atoms with van der Waals surface area (Å²) in [4.78, 5) is 4.31. The average Bonchev–Trinajstić information content (AvgIpc) is 2.78. The number of hydrogen-bond donors (Lipinski definition) is 1. The second kappa shape index (κ2) is 5.84. The highest BCUT2D eigenvalue weighted by molar-refractivity contribution is 7.98. The molecule has 2 rings (SSSR count). The molecule has 4 nitrogen and oxygen atoms in total. The van der Waals surface area contributed by atoms with E-state index in [2.05, 4.69) is 10.1 Å². The van der Waals surface area contributed by atoms with Gasteiger partial charge in [0.2, 0.25) is 0 Å². The van der Waals surface area contributed by atoms with Crippen LogP contribution in [0.5, 0.6) is 0 Å². The highest BCUT2D eigenvalue weighted by Gasteiger charge is 2.08. The minimum Gasteiger partial charge on any atom is -0.396 e. The summed E-state index contributed by atoms with van der Waals surface area (Å²) < 4.78 is 5.20. The van der Waals surface area contributed by atoms with E-state index in [1.165, 1.54) is 0 Å². The Kier molecular flexibility index (Phi) is 4.17. The normalized spacial score (nSPS) is 10.7. The van der Waals surface area contributed by atoms with Crippen LogP contribution in [-0.4, -0.2) is 27.6 Å². The predicted molar refractivity (Wildman–Crippen MR) is 67.7 cm³/mol. The van der Waals surface area contributed by atoms with Gasteiger partial charge in [0.1, 0.15) is 0 Å². The van der Waals surface area contributed by atoms with Crippen LogP contribution >= 0.6 is 11.8 Å². The largest absolute Gasteiger partial charge is 0.396 e. The van der Waals surface area contributed by atoms with Crippen molar-refractivity contribution in [1.29, 1.82) is 0 Å². The Morgan fingerprint density at radius 3 is 3.06 bits per heavy atom. The van der Waals surface area contributed by atoms with Crippen LogP contribution in [0.4, 0.5) is 0 Å². The van der Waals surface area contributed by atoms with Crippen LogP contribution in [0.2, 0.25) is 0 Å². The molecule has 0 aliphatic carbocycles. The lowest BCUT2D eigenvalue weighted by molar-refractivity contribution is 0.322. The van der Waals surface area contributed by atoms with Crippen molar-refractivity contribution >= 4 is 11.8 Å². The van der Waals surface area contributed by atoms with Crippen LogP contribution in [0, 0.1) is 6.92 Å². The molecule has 0 saturated carbocycles. The molecule has 0 amide bonds. The smallest absolute Gasteiger partial charge is 0.257 e. The Morgan fingerprint density at radius 2 is 2.29 bits per heavy atom. The molecular weight excluding hydrogens is 236 g/mol. The number of aryl methyl sites for hydroxylation is 1. The predicted octanol–water partition coefficient (Wildman–Crippen LogP) is 2.27. The van der Waals surface area contributed by atoms with E-state index in [0.717, 1.165) is 11.1 Å². The SMILES string of the molecule is Cc1cccc(-c2nc(CSCCO)no2)c1. The van der Waals surface area contributed by atoms with Gasteiger partial charge in [-0.2, -0.15) is 16.7 Å². The number of aliphatic hydroxyl groups is 1. The minimum atomic E-state index is 0.174. The Balaban J connectivity index is 2.07. The Bertz CT molecular complexity index is 485. The zero-order valence-corrected chi connectivity index (χ0v) is 10.4. The van der Waals surface area contributed by atoms with Gasteiger partial charge in [-0.15, -0.1) is 0 Å². The first-order chi connectivity index (χ1) is 8.29. The number of thioether (sulfide) groups is 1. The summed E-state index contributed by atoms with van der Waals surface area (Å²) >= 11 is 1.58. The van der Waals surface area contributed by atoms with Gasteiger partial charge in [0.05, 0.1) is 12.4 Å². The molecule has 0 bridgehead atoms. The quantitative estimate of drug-likeness (QED) is 0.825. The monoisotopic (exact) mass is 250 g/mol. The molecule has 0 fully saturated rings. The van der Waals surface area contributed by atoms with Gasteiger partial charge in [0.25, 0.3) is 5.89 Å². The second-order valence-electron chi connectivity index (χ2n) is 3.66. The standard InChI is InChI=1S/C12H14N2O2S/c1-9-3-2-4-10(7-9)12-13-11(14-16-12)8-17-6-5-15/h2-4,7,15H,5-6,8H2,1H3. The topological polar surface area (TPSA) is 59.2 Å². The maximum atomic E-state index is 8.67. The fraction of sp³-hybridized carbons (Fsp3) is 0.333. The molecule has 0 saturated heterocycles. The van der Waals surface area contributed by atoms with Crippen molar-refractivity contribution in [2.75, 3.05) is 12.4 Å². The van der Waals surface area contributed by atoms with Crippen LogP contribution in [0.15, 0.2) is 28.8 Å². The maximum absolute atomic E-state index is 8.67. The molecule has 0 atom stereocenters. The zero-order chi connectivity index (χ0) is 12.1. The van der Waals surface area contributed by atoms with Crippen molar-refractivity contribution in [2.24, 2.45) is 0 Å². The van der Waals surface area contributed by atoms with E-state index in [1.54, 1.807) is 11.8 Å². The lowest BCUT2D eigenvalue weighted by Gasteiger charge is -1.95. The molecule has 1 aromatic carbocycles. The van der Waals surface area contributed by atoms with Gasteiger partial charge >= 0.3 is 0 Å². The Morgan fingerprint density at radius 1 is 1.41 bits per heavy atom. The van der Waals surface area contributed by atoms with E-state index in [0.29, 0.717) is 23.2 Å². The summed E-state index contributed by atoms with van der Waals surface area (Å²) in [5, 5.41) is 12.6. The first kappa shape index (κ1) is 12.1. The molecule has 0 aliphatic rings. The van der Waals surface area contributed by atoms with Crippen molar-refractivity contribution in [2.45, 2.75) is 12.7 Å². The highest BCUT2D eigenvalue weighted by atomic mass is 32.2. The van der Waals surface area contributed by atoms with E-state index in [4.69, 9.17) is 9.63 Å². The van der Waals surface area contributed by atoms with Crippen LogP contribution < -0.4 is 0 Å². The van der Waals surface area contributed by atoms with E-state index in [9.17, 15) is 0 Å².